The highest BCUT2D eigenvalue weighted by molar-refractivity contribution is 8.76. The molecule has 0 radical (unpaired) electrons. The summed E-state index contributed by atoms with van der Waals surface area (Å²) in [4.78, 5) is 70.2. The molecule has 3 heterocycles. The van der Waals surface area contributed by atoms with Crippen LogP contribution in [0.2, 0.25) is 0 Å². The summed E-state index contributed by atoms with van der Waals surface area (Å²) < 4.78 is 29.1. The van der Waals surface area contributed by atoms with Crippen molar-refractivity contribution in [1.29, 1.82) is 0 Å². The molecule has 0 spiro atoms. The van der Waals surface area contributed by atoms with Crippen LogP contribution in [0.15, 0.2) is 59.9 Å². The van der Waals surface area contributed by atoms with Crippen molar-refractivity contribution in [3.05, 3.63) is 71.1 Å². The normalized spacial score (nSPS) is 19.1. The van der Waals surface area contributed by atoms with E-state index in [9.17, 15) is 24.0 Å². The summed E-state index contributed by atoms with van der Waals surface area (Å²) in [5, 5.41) is 0. The van der Waals surface area contributed by atoms with Gasteiger partial charge in [0, 0.05) is 44.6 Å². The lowest BCUT2D eigenvalue weighted by molar-refractivity contribution is -0.170. The summed E-state index contributed by atoms with van der Waals surface area (Å²) in [5.41, 5.74) is 1.16. The van der Waals surface area contributed by atoms with Gasteiger partial charge in [0.15, 0.2) is 0 Å². The third kappa shape index (κ3) is 18.3. The van der Waals surface area contributed by atoms with Gasteiger partial charge >= 0.3 is 29.8 Å². The Morgan fingerprint density at radius 1 is 0.597 bits per heavy atom. The van der Waals surface area contributed by atoms with Crippen molar-refractivity contribution >= 4 is 51.4 Å². The SMILES string of the molecule is CC(=O)Oc1ccc(CC(=O)OCCC2CCN3CCSSCCN4CCC(CCOC(=O)Cc5ccc(OC(=O)C(C)(C)CC(C)(C)C(=O)OC(C(C)CC(C)(C)C)C(C)CC(C)(C)C)cc5)C2=C34)cc1. The highest BCUT2D eigenvalue weighted by Crippen LogP contribution is 2.44. The maximum atomic E-state index is 14.0. The van der Waals surface area contributed by atoms with Crippen molar-refractivity contribution in [3.8, 4) is 11.5 Å². The minimum absolute atomic E-state index is 0.0823. The van der Waals surface area contributed by atoms with Crippen LogP contribution in [0.1, 0.15) is 146 Å². The number of ether oxygens (including phenoxy) is 5. The molecule has 0 amide bonds. The van der Waals surface area contributed by atoms with E-state index in [4.69, 9.17) is 23.7 Å². The van der Waals surface area contributed by atoms with Gasteiger partial charge in [-0.1, -0.05) is 101 Å². The number of carbonyl (C=O) groups excluding carboxylic acids is 5. The second-order valence-corrected chi connectivity index (χ2v) is 27.0. The van der Waals surface area contributed by atoms with E-state index in [-0.39, 0.29) is 77.8 Å². The molecule has 2 aromatic rings. The maximum absolute atomic E-state index is 14.0. The molecule has 14 heteroatoms. The van der Waals surface area contributed by atoms with E-state index < -0.39 is 22.8 Å². The number of hydrogen-bond acceptors (Lipinski definition) is 14. The predicted octanol–water partition coefficient (Wildman–Crippen LogP) is 11.9. The Morgan fingerprint density at radius 3 is 1.43 bits per heavy atom. The van der Waals surface area contributed by atoms with Gasteiger partial charge in [-0.15, -0.1) is 0 Å². The Kier molecular flexibility index (Phi) is 21.1. The summed E-state index contributed by atoms with van der Waals surface area (Å²) in [7, 11) is 3.87. The van der Waals surface area contributed by atoms with Gasteiger partial charge in [-0.05, 0) is 148 Å². The summed E-state index contributed by atoms with van der Waals surface area (Å²) in [5.74, 6) is 3.27. The van der Waals surface area contributed by atoms with Gasteiger partial charge in [0.1, 0.15) is 23.4 Å². The van der Waals surface area contributed by atoms with E-state index in [1.165, 1.54) is 18.3 Å². The molecule has 5 rings (SSSR count). The van der Waals surface area contributed by atoms with Crippen LogP contribution >= 0.6 is 21.6 Å². The van der Waals surface area contributed by atoms with Gasteiger partial charge in [0.05, 0.1) is 36.9 Å². The van der Waals surface area contributed by atoms with Gasteiger partial charge in [-0.3, -0.25) is 24.0 Å². The highest BCUT2D eigenvalue weighted by atomic mass is 33.1. The van der Waals surface area contributed by atoms with Crippen molar-refractivity contribution < 1.29 is 47.7 Å². The first-order valence-electron chi connectivity index (χ1n) is 26.3. The molecule has 0 saturated carbocycles. The lowest BCUT2D eigenvalue weighted by Gasteiger charge is -2.48. The Hall–Kier alpha value is -4.17. The van der Waals surface area contributed by atoms with Crippen LogP contribution in [0, 0.1) is 45.3 Å². The highest BCUT2D eigenvalue weighted by Gasteiger charge is 2.44. The third-order valence-corrected chi connectivity index (χ3v) is 16.3. The van der Waals surface area contributed by atoms with Gasteiger partial charge in [0.2, 0.25) is 0 Å². The quantitative estimate of drug-likeness (QED) is 0.0507. The van der Waals surface area contributed by atoms with E-state index >= 15 is 0 Å². The number of esters is 5. The van der Waals surface area contributed by atoms with Gasteiger partial charge in [-0.25, -0.2) is 0 Å². The van der Waals surface area contributed by atoms with E-state index in [1.54, 1.807) is 62.4 Å². The van der Waals surface area contributed by atoms with Crippen LogP contribution in [-0.4, -0.2) is 96.6 Å². The standard InChI is InChI=1S/C58H86N2O10S2/c1-39(36-55(4,5)6)51(40(2)37-56(7,8)9)70-54(65)58(12,13)38-57(10,11)53(64)69-47-20-16-43(17-21-47)35-49(63)67-31-25-45-23-27-60-29-33-72-71-32-28-59-26-22-44(50(45)52(59)60)24-30-66-48(62)34-42-14-18-46(19-15-42)68-41(3)61/h14-21,39-40,44-45,51H,22-38H2,1-13H3. The lowest BCUT2D eigenvalue weighted by atomic mass is 9.74. The minimum Gasteiger partial charge on any atom is -0.465 e. The van der Waals surface area contributed by atoms with Crippen LogP contribution < -0.4 is 9.47 Å². The molecule has 72 heavy (non-hydrogen) atoms. The number of rotatable bonds is 21. The zero-order valence-electron chi connectivity index (χ0n) is 45.8. The lowest BCUT2D eigenvalue weighted by Crippen LogP contribution is -2.48. The Bertz CT molecular complexity index is 2140. The summed E-state index contributed by atoms with van der Waals surface area (Å²) in [6.07, 6.45) is 5.41. The Balaban J connectivity index is 1.14. The molecule has 12 nitrogen and oxygen atoms in total. The number of benzene rings is 2. The molecule has 0 aliphatic carbocycles. The molecular weight excluding hydrogens is 949 g/mol. The minimum atomic E-state index is -0.998. The second kappa shape index (κ2) is 25.9. The largest absolute Gasteiger partial charge is 0.465 e. The molecule has 3 aliphatic heterocycles. The van der Waals surface area contributed by atoms with Crippen LogP contribution in [0.25, 0.3) is 0 Å². The number of hydrogen-bond donors (Lipinski definition) is 0. The van der Waals surface area contributed by atoms with Crippen LogP contribution in [-0.2, 0) is 51.0 Å². The second-order valence-electron chi connectivity index (χ2n) is 24.3. The van der Waals surface area contributed by atoms with Gasteiger partial charge in [0.25, 0.3) is 0 Å². The first-order chi connectivity index (χ1) is 33.7. The Morgan fingerprint density at radius 2 is 1.01 bits per heavy atom. The maximum Gasteiger partial charge on any atom is 0.316 e. The molecule has 0 bridgehead atoms. The summed E-state index contributed by atoms with van der Waals surface area (Å²) in [6, 6.07) is 13.8. The van der Waals surface area contributed by atoms with Crippen LogP contribution in [0.5, 0.6) is 11.5 Å². The van der Waals surface area contributed by atoms with Crippen molar-refractivity contribution in [3.63, 3.8) is 0 Å². The average molecular weight is 1040 g/mol. The number of nitrogens with zero attached hydrogens (tertiary/aromatic N) is 2. The molecule has 1 fully saturated rings. The van der Waals surface area contributed by atoms with E-state index in [1.807, 2.05) is 35.4 Å². The van der Waals surface area contributed by atoms with Crippen molar-refractivity contribution in [2.45, 2.75) is 154 Å². The van der Waals surface area contributed by atoms with Crippen molar-refractivity contribution in [2.24, 2.45) is 45.3 Å². The first-order valence-corrected chi connectivity index (χ1v) is 28.8. The topological polar surface area (TPSA) is 138 Å². The molecule has 0 aromatic heterocycles. The first kappa shape index (κ1) is 58.7. The van der Waals surface area contributed by atoms with Crippen LogP contribution in [0.3, 0.4) is 0 Å². The Labute approximate surface area is 439 Å². The molecule has 2 aromatic carbocycles. The fraction of sp³-hybridized carbons (Fsp3) is 0.672. The summed E-state index contributed by atoms with van der Waals surface area (Å²) in [6.45, 7) is 30.8. The van der Waals surface area contributed by atoms with Crippen LogP contribution in [0.4, 0.5) is 0 Å². The third-order valence-electron chi connectivity index (χ3n) is 13.9. The zero-order chi connectivity index (χ0) is 53.0. The molecule has 4 unspecified atom stereocenters. The fourth-order valence-corrected chi connectivity index (χ4v) is 13.2. The monoisotopic (exact) mass is 1030 g/mol. The summed E-state index contributed by atoms with van der Waals surface area (Å²) >= 11 is 0. The van der Waals surface area contributed by atoms with E-state index in [0.717, 1.165) is 80.9 Å². The molecule has 3 aliphatic rings. The smallest absolute Gasteiger partial charge is 0.316 e. The fourth-order valence-electron chi connectivity index (χ4n) is 11.2. The molecular formula is C58H86N2O10S2. The molecule has 4 atom stereocenters. The molecule has 1 saturated heterocycles. The van der Waals surface area contributed by atoms with Crippen molar-refractivity contribution in [2.75, 3.05) is 50.9 Å². The van der Waals surface area contributed by atoms with Crippen molar-refractivity contribution in [1.82, 2.24) is 9.80 Å². The number of allylic oxidation sites excluding steroid dienone is 1. The number of carbonyl (C=O) groups is 5. The van der Waals surface area contributed by atoms with Gasteiger partial charge in [-0.2, -0.15) is 0 Å². The molecule has 0 N–H and O–H groups in total. The van der Waals surface area contributed by atoms with Gasteiger partial charge < -0.3 is 33.5 Å². The molecule has 400 valence electrons. The predicted molar refractivity (Wildman–Crippen MR) is 288 cm³/mol. The zero-order valence-corrected chi connectivity index (χ0v) is 47.5. The van der Waals surface area contributed by atoms with E-state index in [2.05, 4.69) is 65.2 Å². The average Bonchev–Trinajstić information content (AvgIpc) is 3.37. The van der Waals surface area contributed by atoms with E-state index in [0.29, 0.717) is 31.1 Å².